The van der Waals surface area contributed by atoms with Crippen molar-refractivity contribution in [1.29, 1.82) is 0 Å². The zero-order chi connectivity index (χ0) is 12.3. The van der Waals surface area contributed by atoms with E-state index in [0.717, 1.165) is 24.3 Å². The quantitative estimate of drug-likeness (QED) is 0.773. The highest BCUT2D eigenvalue weighted by atomic mass is 79.9. The number of rotatable bonds is 3. The van der Waals surface area contributed by atoms with E-state index in [1.54, 1.807) is 12.1 Å². The van der Waals surface area contributed by atoms with Crippen LogP contribution in [0, 0.1) is 11.7 Å². The van der Waals surface area contributed by atoms with Gasteiger partial charge in [0.15, 0.2) is 5.78 Å². The lowest BCUT2D eigenvalue weighted by molar-refractivity contribution is 0.0958. The molecule has 2 rings (SSSR count). The second kappa shape index (κ2) is 6.01. The molecule has 1 aromatic carbocycles. The molecule has 0 aromatic heterocycles. The maximum absolute atomic E-state index is 13.3. The summed E-state index contributed by atoms with van der Waals surface area (Å²) >= 11 is 5.04. The Labute approximate surface area is 113 Å². The predicted molar refractivity (Wildman–Crippen MR) is 73.1 cm³/mol. The number of Topliss-reactive ketones (excluding diaryl/α,β-unsaturated/α-hetero) is 1. The lowest BCUT2D eigenvalue weighted by Gasteiger charge is -2.20. The van der Waals surface area contributed by atoms with Crippen LogP contribution < -0.4 is 0 Å². The van der Waals surface area contributed by atoms with Gasteiger partial charge in [-0.1, -0.05) is 6.07 Å². The summed E-state index contributed by atoms with van der Waals surface area (Å²) in [6, 6.07) is 4.61. The van der Waals surface area contributed by atoms with E-state index in [1.165, 1.54) is 6.07 Å². The van der Waals surface area contributed by atoms with Gasteiger partial charge >= 0.3 is 0 Å². The van der Waals surface area contributed by atoms with Crippen LogP contribution in [0.1, 0.15) is 29.6 Å². The molecule has 0 aliphatic carbocycles. The van der Waals surface area contributed by atoms with Crippen molar-refractivity contribution in [2.75, 3.05) is 11.5 Å². The fourth-order valence-electron chi connectivity index (χ4n) is 2.00. The topological polar surface area (TPSA) is 17.1 Å². The van der Waals surface area contributed by atoms with E-state index >= 15 is 0 Å². The third-order valence-electron chi connectivity index (χ3n) is 3.06. The van der Waals surface area contributed by atoms with Crippen LogP contribution in [0.4, 0.5) is 4.39 Å². The van der Waals surface area contributed by atoms with Gasteiger partial charge < -0.3 is 0 Å². The highest BCUT2D eigenvalue weighted by Gasteiger charge is 2.18. The van der Waals surface area contributed by atoms with Crippen molar-refractivity contribution in [2.24, 2.45) is 5.92 Å². The summed E-state index contributed by atoms with van der Waals surface area (Å²) in [6.45, 7) is 0. The monoisotopic (exact) mass is 316 g/mol. The minimum absolute atomic E-state index is 0.0632. The van der Waals surface area contributed by atoms with Gasteiger partial charge in [-0.15, -0.1) is 0 Å². The second-order valence-electron chi connectivity index (χ2n) is 4.31. The molecule has 1 heterocycles. The van der Waals surface area contributed by atoms with Gasteiger partial charge in [0.1, 0.15) is 5.82 Å². The van der Waals surface area contributed by atoms with E-state index in [0.29, 0.717) is 22.4 Å². The Bertz CT molecular complexity index is 416. The van der Waals surface area contributed by atoms with Gasteiger partial charge in [0, 0.05) is 12.0 Å². The summed E-state index contributed by atoms with van der Waals surface area (Å²) in [5.74, 6) is 2.47. The number of thioether (sulfide) groups is 1. The average molecular weight is 317 g/mol. The molecular formula is C13H14BrFOS. The molecule has 0 saturated carbocycles. The molecule has 0 amide bonds. The highest BCUT2D eigenvalue weighted by molar-refractivity contribution is 9.10. The van der Waals surface area contributed by atoms with Crippen LogP contribution in [-0.2, 0) is 0 Å². The molecule has 92 valence electrons. The largest absolute Gasteiger partial charge is 0.294 e. The van der Waals surface area contributed by atoms with Crippen molar-refractivity contribution in [2.45, 2.75) is 19.3 Å². The molecule has 0 N–H and O–H groups in total. The van der Waals surface area contributed by atoms with Crippen molar-refractivity contribution in [1.82, 2.24) is 0 Å². The molecule has 4 heteroatoms. The zero-order valence-electron chi connectivity index (χ0n) is 9.42. The summed E-state index contributed by atoms with van der Waals surface area (Å²) < 4.78 is 13.7. The van der Waals surface area contributed by atoms with Crippen LogP contribution in [0.2, 0.25) is 0 Å². The van der Waals surface area contributed by atoms with E-state index in [4.69, 9.17) is 0 Å². The van der Waals surface area contributed by atoms with Crippen molar-refractivity contribution in [3.63, 3.8) is 0 Å². The Hall–Kier alpha value is -0.350. The lowest BCUT2D eigenvalue weighted by atomic mass is 9.93. The van der Waals surface area contributed by atoms with E-state index in [1.807, 2.05) is 11.8 Å². The Morgan fingerprint density at radius 3 is 2.76 bits per heavy atom. The Balaban J connectivity index is 2.01. The van der Waals surface area contributed by atoms with E-state index < -0.39 is 0 Å². The first-order chi connectivity index (χ1) is 8.16. The molecule has 1 saturated heterocycles. The maximum Gasteiger partial charge on any atom is 0.163 e. The molecule has 17 heavy (non-hydrogen) atoms. The molecule has 0 bridgehead atoms. The van der Waals surface area contributed by atoms with Gasteiger partial charge in [-0.05, 0) is 58.3 Å². The smallest absolute Gasteiger partial charge is 0.163 e. The van der Waals surface area contributed by atoms with Gasteiger partial charge in [-0.25, -0.2) is 4.39 Å². The fraction of sp³-hybridized carbons (Fsp3) is 0.462. The molecule has 1 aliphatic heterocycles. The maximum atomic E-state index is 13.3. The number of hydrogen-bond donors (Lipinski definition) is 0. The van der Waals surface area contributed by atoms with E-state index in [2.05, 4.69) is 15.9 Å². The van der Waals surface area contributed by atoms with E-state index in [-0.39, 0.29) is 11.6 Å². The molecule has 1 aromatic rings. The standard InChI is InChI=1S/C13H14BrFOS/c14-11-2-1-10(8-12(11)15)13(16)7-9-3-5-17-6-4-9/h1-2,8-9H,3-7H2. The second-order valence-corrected chi connectivity index (χ2v) is 6.39. The predicted octanol–water partition coefficient (Wildman–Crippen LogP) is 4.30. The van der Waals surface area contributed by atoms with Gasteiger partial charge in [0.05, 0.1) is 4.47 Å². The van der Waals surface area contributed by atoms with Crippen LogP contribution >= 0.6 is 27.7 Å². The van der Waals surface area contributed by atoms with Crippen molar-refractivity contribution >= 4 is 33.5 Å². The van der Waals surface area contributed by atoms with Gasteiger partial charge in [-0.3, -0.25) is 4.79 Å². The van der Waals surface area contributed by atoms with Crippen LogP contribution in [0.3, 0.4) is 0 Å². The normalized spacial score (nSPS) is 17.1. The lowest BCUT2D eigenvalue weighted by Crippen LogP contribution is -2.14. The first-order valence-electron chi connectivity index (χ1n) is 5.73. The van der Waals surface area contributed by atoms with Crippen molar-refractivity contribution < 1.29 is 9.18 Å². The fourth-order valence-corrected chi connectivity index (χ4v) is 3.45. The number of hydrogen-bond acceptors (Lipinski definition) is 2. The summed E-state index contributed by atoms with van der Waals surface area (Å²) in [7, 11) is 0. The summed E-state index contributed by atoms with van der Waals surface area (Å²) in [6.07, 6.45) is 2.77. The highest BCUT2D eigenvalue weighted by Crippen LogP contribution is 2.27. The minimum atomic E-state index is -0.366. The Kier molecular flexibility index (Phi) is 4.62. The molecule has 1 nitrogen and oxygen atoms in total. The van der Waals surface area contributed by atoms with Gasteiger partial charge in [-0.2, -0.15) is 11.8 Å². The summed E-state index contributed by atoms with van der Waals surface area (Å²) in [5.41, 5.74) is 0.490. The van der Waals surface area contributed by atoms with Crippen LogP contribution in [0.5, 0.6) is 0 Å². The number of benzene rings is 1. The van der Waals surface area contributed by atoms with Crippen LogP contribution in [0.25, 0.3) is 0 Å². The molecule has 1 aliphatic rings. The number of carbonyl (C=O) groups excluding carboxylic acids is 1. The molecule has 0 atom stereocenters. The van der Waals surface area contributed by atoms with Crippen molar-refractivity contribution in [3.8, 4) is 0 Å². The number of carbonyl (C=O) groups is 1. The molecule has 0 radical (unpaired) electrons. The summed E-state index contributed by atoms with van der Waals surface area (Å²) in [4.78, 5) is 12.0. The average Bonchev–Trinajstić information content (AvgIpc) is 2.34. The molecule has 1 fully saturated rings. The van der Waals surface area contributed by atoms with Gasteiger partial charge in [0.25, 0.3) is 0 Å². The van der Waals surface area contributed by atoms with Crippen LogP contribution in [0.15, 0.2) is 22.7 Å². The Morgan fingerprint density at radius 1 is 1.41 bits per heavy atom. The SMILES string of the molecule is O=C(CC1CCSCC1)c1ccc(Br)c(F)c1. The first-order valence-corrected chi connectivity index (χ1v) is 7.67. The molecular weight excluding hydrogens is 303 g/mol. The number of halogens is 2. The third-order valence-corrected chi connectivity index (χ3v) is 4.75. The third kappa shape index (κ3) is 3.55. The number of ketones is 1. The van der Waals surface area contributed by atoms with E-state index in [9.17, 15) is 9.18 Å². The van der Waals surface area contributed by atoms with Gasteiger partial charge in [0.2, 0.25) is 0 Å². The summed E-state index contributed by atoms with van der Waals surface area (Å²) in [5, 5.41) is 0. The molecule has 0 spiro atoms. The minimum Gasteiger partial charge on any atom is -0.294 e. The molecule has 0 unspecified atom stereocenters. The zero-order valence-corrected chi connectivity index (χ0v) is 11.8. The van der Waals surface area contributed by atoms with Crippen molar-refractivity contribution in [3.05, 3.63) is 34.1 Å². The first kappa shape index (κ1) is 13.1. The Morgan fingerprint density at radius 2 is 2.12 bits per heavy atom. The van der Waals surface area contributed by atoms with Crippen LogP contribution in [-0.4, -0.2) is 17.3 Å².